The summed E-state index contributed by atoms with van der Waals surface area (Å²) in [6.07, 6.45) is 3.82. The van der Waals surface area contributed by atoms with Crippen LogP contribution in [0.4, 0.5) is 17.1 Å². The number of nitrogens with zero attached hydrogens (tertiary/aromatic N) is 1. The molecule has 0 fully saturated rings. The molecule has 0 spiro atoms. The van der Waals surface area contributed by atoms with Crippen molar-refractivity contribution >= 4 is 48.8 Å². The van der Waals surface area contributed by atoms with Crippen LogP contribution in [0.2, 0.25) is 24.2 Å². The van der Waals surface area contributed by atoms with E-state index in [1.807, 2.05) is 37.3 Å². The van der Waals surface area contributed by atoms with Crippen molar-refractivity contribution < 1.29 is 14.0 Å². The molecule has 3 N–H and O–H groups in total. The molecule has 0 saturated carbocycles. The van der Waals surface area contributed by atoms with E-state index in [0.717, 1.165) is 17.8 Å². The summed E-state index contributed by atoms with van der Waals surface area (Å²) in [6, 6.07) is 17.1. The number of carbonyl (C=O) groups excluding carboxylic acids is 2. The summed E-state index contributed by atoms with van der Waals surface area (Å²) in [5, 5.41) is 9.50. The summed E-state index contributed by atoms with van der Waals surface area (Å²) in [5.74, 6) is -0.750. The predicted octanol–water partition coefficient (Wildman–Crippen LogP) is 6.98. The maximum atomic E-state index is 13.0. The topological polar surface area (TPSA) is 92.4 Å². The van der Waals surface area contributed by atoms with E-state index >= 15 is 0 Å². The van der Waals surface area contributed by atoms with E-state index in [1.54, 1.807) is 18.2 Å². The average Bonchev–Trinajstić information content (AvgIpc) is 2.87. The lowest BCUT2D eigenvalue weighted by Crippen LogP contribution is -2.32. The van der Waals surface area contributed by atoms with Crippen LogP contribution in [-0.2, 0) is 4.43 Å². The van der Waals surface area contributed by atoms with Crippen LogP contribution in [0.3, 0.4) is 0 Å². The predicted molar refractivity (Wildman–Crippen MR) is 154 cm³/mol. The fraction of sp³-hybridized carbons (Fsp3) is 0.321. The molecule has 0 radical (unpaired) electrons. The van der Waals surface area contributed by atoms with Crippen molar-refractivity contribution in [1.29, 1.82) is 0 Å². The first-order valence-corrected chi connectivity index (χ1v) is 16.0. The second kappa shape index (κ2) is 13.4. The molecule has 0 aliphatic heterocycles. The first-order valence-electron chi connectivity index (χ1n) is 12.5. The fourth-order valence-electron chi connectivity index (χ4n) is 3.72. The van der Waals surface area contributed by atoms with Crippen molar-refractivity contribution in [2.45, 2.75) is 45.8 Å². The third kappa shape index (κ3) is 9.00. The molecule has 3 aromatic rings. The fourth-order valence-corrected chi connectivity index (χ4v) is 5.84. The van der Waals surface area contributed by atoms with Crippen molar-refractivity contribution in [2.24, 2.45) is 0 Å². The van der Waals surface area contributed by atoms with Crippen LogP contribution in [0, 0.1) is 6.92 Å². The smallest absolute Gasteiger partial charge is 0.274 e. The Balaban J connectivity index is 1.57. The van der Waals surface area contributed by atoms with Crippen LogP contribution in [0.1, 0.15) is 46.2 Å². The molecule has 2 amide bonds. The van der Waals surface area contributed by atoms with E-state index < -0.39 is 14.2 Å². The van der Waals surface area contributed by atoms with Crippen molar-refractivity contribution in [3.63, 3.8) is 0 Å². The number of hydrogen-bond donors (Lipinski definition) is 3. The Hall–Kier alpha value is -3.20. The number of rotatable bonds is 12. The van der Waals surface area contributed by atoms with Gasteiger partial charge in [-0.25, -0.2) is 4.98 Å². The maximum absolute atomic E-state index is 13.0. The molecule has 0 atom stereocenters. The summed E-state index contributed by atoms with van der Waals surface area (Å²) < 4.78 is 6.14. The van der Waals surface area contributed by atoms with Crippen LogP contribution in [0.5, 0.6) is 0 Å². The lowest BCUT2D eigenvalue weighted by molar-refractivity contribution is 0.102. The lowest BCUT2D eigenvalue weighted by Gasteiger charge is -2.22. The zero-order chi connectivity index (χ0) is 26.8. The lowest BCUT2D eigenvalue weighted by atomic mass is 10.1. The summed E-state index contributed by atoms with van der Waals surface area (Å²) >= 11 is 5.86. The normalized spacial score (nSPS) is 11.2. The zero-order valence-electron chi connectivity index (χ0n) is 21.9. The number of halogens is 1. The number of amides is 2. The number of aryl methyl sites for hydroxylation is 1. The van der Waals surface area contributed by atoms with Crippen LogP contribution >= 0.6 is 11.6 Å². The summed E-state index contributed by atoms with van der Waals surface area (Å²) in [4.78, 5) is 29.7. The quantitative estimate of drug-likeness (QED) is 0.171. The van der Waals surface area contributed by atoms with E-state index in [4.69, 9.17) is 16.0 Å². The standard InChI is InChI=1S/C28H35ClN4O3Si/c1-5-6-17-37(3,4)36-16-15-30-22-9-11-23(12-10-22)32-27(34)24-13-7-20(2)18-26(24)33-28(35)25-14-8-21(29)19-31-25/h7-14,18-19,30H,5-6,15-17H2,1-4H3,(H,32,34)(H,33,35). The van der Waals surface area contributed by atoms with Gasteiger partial charge in [-0.3, -0.25) is 9.59 Å². The molecule has 1 heterocycles. The van der Waals surface area contributed by atoms with Gasteiger partial charge in [0, 0.05) is 24.1 Å². The number of benzene rings is 2. The highest BCUT2D eigenvalue weighted by atomic mass is 35.5. The molecule has 37 heavy (non-hydrogen) atoms. The van der Waals surface area contributed by atoms with Gasteiger partial charge in [-0.2, -0.15) is 0 Å². The van der Waals surface area contributed by atoms with Gasteiger partial charge in [-0.1, -0.05) is 37.4 Å². The molecule has 3 rings (SSSR count). The van der Waals surface area contributed by atoms with E-state index in [1.165, 1.54) is 31.1 Å². The van der Waals surface area contributed by atoms with Gasteiger partial charge in [-0.15, -0.1) is 0 Å². The van der Waals surface area contributed by atoms with Crippen LogP contribution in [0.25, 0.3) is 0 Å². The van der Waals surface area contributed by atoms with Crippen LogP contribution in [-0.4, -0.2) is 38.3 Å². The largest absolute Gasteiger partial charge is 0.416 e. The SMILES string of the molecule is CCCC[Si](C)(C)OCCNc1ccc(NC(=O)c2ccc(C)cc2NC(=O)c2ccc(Cl)cn2)cc1. The molecule has 9 heteroatoms. The maximum Gasteiger partial charge on any atom is 0.274 e. The van der Waals surface area contributed by atoms with Crippen molar-refractivity contribution in [1.82, 2.24) is 4.98 Å². The molecule has 7 nitrogen and oxygen atoms in total. The summed E-state index contributed by atoms with van der Waals surface area (Å²) in [6.45, 7) is 10.0. The highest BCUT2D eigenvalue weighted by Gasteiger charge is 2.21. The molecular weight excluding hydrogens is 504 g/mol. The van der Waals surface area contributed by atoms with Gasteiger partial charge in [0.15, 0.2) is 8.32 Å². The molecule has 2 aromatic carbocycles. The van der Waals surface area contributed by atoms with Crippen molar-refractivity contribution in [2.75, 3.05) is 29.1 Å². The van der Waals surface area contributed by atoms with Gasteiger partial charge >= 0.3 is 0 Å². The third-order valence-electron chi connectivity index (χ3n) is 5.83. The van der Waals surface area contributed by atoms with E-state index in [2.05, 4.69) is 41.0 Å². The average molecular weight is 539 g/mol. The Morgan fingerprint density at radius 1 is 0.973 bits per heavy atom. The van der Waals surface area contributed by atoms with Crippen molar-refractivity contribution in [3.05, 3.63) is 82.6 Å². The third-order valence-corrected chi connectivity index (χ3v) is 8.59. The van der Waals surface area contributed by atoms with Gasteiger partial charge in [-0.05, 0) is 80.2 Å². The number of anilines is 3. The highest BCUT2D eigenvalue weighted by molar-refractivity contribution is 6.71. The van der Waals surface area contributed by atoms with Crippen LogP contribution < -0.4 is 16.0 Å². The summed E-state index contributed by atoms with van der Waals surface area (Å²) in [7, 11) is -1.58. The minimum absolute atomic E-state index is 0.206. The van der Waals surface area contributed by atoms with Gasteiger partial charge in [0.05, 0.1) is 22.9 Å². The Labute approximate surface area is 225 Å². The minimum atomic E-state index is -1.58. The minimum Gasteiger partial charge on any atom is -0.416 e. The molecule has 0 aliphatic rings. The van der Waals surface area contributed by atoms with Gasteiger partial charge in [0.2, 0.25) is 0 Å². The van der Waals surface area contributed by atoms with E-state index in [9.17, 15) is 9.59 Å². The summed E-state index contributed by atoms with van der Waals surface area (Å²) in [5.41, 5.74) is 3.47. The Morgan fingerprint density at radius 2 is 1.70 bits per heavy atom. The molecule has 0 aliphatic carbocycles. The second-order valence-corrected chi connectivity index (χ2v) is 14.3. The molecular formula is C28H35ClN4O3Si. The molecule has 1 aromatic heterocycles. The number of nitrogens with one attached hydrogen (secondary N) is 3. The second-order valence-electron chi connectivity index (χ2n) is 9.53. The Morgan fingerprint density at radius 3 is 2.38 bits per heavy atom. The zero-order valence-corrected chi connectivity index (χ0v) is 23.6. The Kier molecular flexibility index (Phi) is 10.3. The molecule has 0 saturated heterocycles. The van der Waals surface area contributed by atoms with Gasteiger partial charge in [0.1, 0.15) is 5.69 Å². The van der Waals surface area contributed by atoms with Gasteiger partial charge in [0.25, 0.3) is 11.8 Å². The number of unbranched alkanes of at least 4 members (excludes halogenated alkanes) is 1. The molecule has 196 valence electrons. The number of carbonyl (C=O) groups is 2. The monoisotopic (exact) mass is 538 g/mol. The van der Waals surface area contributed by atoms with Crippen molar-refractivity contribution in [3.8, 4) is 0 Å². The molecule has 0 unspecified atom stereocenters. The highest BCUT2D eigenvalue weighted by Crippen LogP contribution is 2.22. The number of pyridine rings is 1. The molecule has 0 bridgehead atoms. The first kappa shape index (κ1) is 28.4. The van der Waals surface area contributed by atoms with E-state index in [0.29, 0.717) is 28.6 Å². The van der Waals surface area contributed by atoms with Gasteiger partial charge < -0.3 is 20.4 Å². The van der Waals surface area contributed by atoms with Crippen LogP contribution in [0.15, 0.2) is 60.8 Å². The van der Waals surface area contributed by atoms with E-state index in [-0.39, 0.29) is 11.6 Å². The Bertz CT molecular complexity index is 1200. The number of hydrogen-bond acceptors (Lipinski definition) is 5. The first-order chi connectivity index (χ1) is 17.7. The number of aromatic nitrogens is 1.